The normalized spacial score (nSPS) is 15.0. The van der Waals surface area contributed by atoms with Gasteiger partial charge in [0.05, 0.1) is 18.3 Å². The summed E-state index contributed by atoms with van der Waals surface area (Å²) < 4.78 is 7.12. The van der Waals surface area contributed by atoms with Crippen LogP contribution in [0.2, 0.25) is 0 Å². The number of aliphatic hydroxyl groups is 1. The molecule has 0 fully saturated rings. The van der Waals surface area contributed by atoms with Crippen LogP contribution in [-0.4, -0.2) is 27.4 Å². The fraction of sp³-hybridized carbons (Fsp3) is 0.400. The maximum absolute atomic E-state index is 12.9. The molecule has 1 aromatic carbocycles. The molecule has 0 saturated heterocycles. The van der Waals surface area contributed by atoms with E-state index in [1.807, 2.05) is 31.2 Å². The molecule has 3 aromatic rings. The van der Waals surface area contributed by atoms with Crippen molar-refractivity contribution in [2.75, 3.05) is 6.61 Å². The Bertz CT molecular complexity index is 975. The van der Waals surface area contributed by atoms with Gasteiger partial charge in [-0.2, -0.15) is 0 Å². The number of hydrogen-bond acceptors (Lipinski definition) is 5. The molecule has 0 radical (unpaired) electrons. The molecule has 2 heterocycles. The van der Waals surface area contributed by atoms with Crippen molar-refractivity contribution < 1.29 is 9.84 Å². The van der Waals surface area contributed by atoms with Crippen LogP contribution >= 0.6 is 11.3 Å². The van der Waals surface area contributed by atoms with Crippen molar-refractivity contribution in [3.63, 3.8) is 0 Å². The Morgan fingerprint density at radius 1 is 1.27 bits per heavy atom. The summed E-state index contributed by atoms with van der Waals surface area (Å²) >= 11 is 1.64. The van der Waals surface area contributed by atoms with E-state index in [9.17, 15) is 9.90 Å². The lowest BCUT2D eigenvalue weighted by molar-refractivity contribution is 0.0915. The second-order valence-electron chi connectivity index (χ2n) is 6.87. The number of aliphatic hydroxyl groups excluding tert-OH is 1. The molecule has 1 aliphatic carbocycles. The van der Waals surface area contributed by atoms with Gasteiger partial charge in [0.1, 0.15) is 23.3 Å². The molecule has 26 heavy (non-hydrogen) atoms. The van der Waals surface area contributed by atoms with E-state index in [-0.39, 0.29) is 18.7 Å². The van der Waals surface area contributed by atoms with Crippen LogP contribution in [0.1, 0.15) is 28.8 Å². The average molecular weight is 370 g/mol. The second-order valence-corrected chi connectivity index (χ2v) is 7.95. The van der Waals surface area contributed by atoms with E-state index in [1.165, 1.54) is 21.4 Å². The minimum atomic E-state index is -0.775. The van der Waals surface area contributed by atoms with Gasteiger partial charge in [-0.25, -0.2) is 4.98 Å². The quantitative estimate of drug-likeness (QED) is 0.750. The number of rotatable bonds is 5. The molecule has 0 aliphatic heterocycles. The fourth-order valence-electron chi connectivity index (χ4n) is 3.42. The first-order chi connectivity index (χ1) is 12.6. The predicted octanol–water partition coefficient (Wildman–Crippen LogP) is 3.09. The van der Waals surface area contributed by atoms with Gasteiger partial charge in [-0.1, -0.05) is 17.7 Å². The number of hydrogen-bond donors (Lipinski definition) is 1. The van der Waals surface area contributed by atoms with Gasteiger partial charge < -0.3 is 9.84 Å². The monoisotopic (exact) mass is 370 g/mol. The maximum Gasteiger partial charge on any atom is 0.262 e. The number of thiophene rings is 1. The molecule has 136 valence electrons. The molecule has 5 nitrogen and oxygen atoms in total. The summed E-state index contributed by atoms with van der Waals surface area (Å²) in [4.78, 5) is 19.5. The van der Waals surface area contributed by atoms with Crippen molar-refractivity contribution in [3.8, 4) is 5.75 Å². The number of nitrogens with zero attached hydrogens (tertiary/aromatic N) is 2. The number of ether oxygens (including phenoxy) is 1. The van der Waals surface area contributed by atoms with E-state index in [0.29, 0.717) is 5.75 Å². The van der Waals surface area contributed by atoms with Gasteiger partial charge in [-0.05, 0) is 50.3 Å². The third-order valence-corrected chi connectivity index (χ3v) is 6.01. The van der Waals surface area contributed by atoms with E-state index in [2.05, 4.69) is 4.98 Å². The summed E-state index contributed by atoms with van der Waals surface area (Å²) in [6.45, 7) is 2.32. The van der Waals surface area contributed by atoms with Crippen molar-refractivity contribution in [3.05, 3.63) is 57.0 Å². The van der Waals surface area contributed by atoms with Crippen molar-refractivity contribution in [1.82, 2.24) is 9.55 Å². The Morgan fingerprint density at radius 2 is 2.04 bits per heavy atom. The van der Waals surface area contributed by atoms with Crippen molar-refractivity contribution in [2.45, 2.75) is 45.3 Å². The molecular formula is C20H22N2O3S. The Kier molecular flexibility index (Phi) is 4.78. The van der Waals surface area contributed by atoms with E-state index in [4.69, 9.17) is 4.74 Å². The van der Waals surface area contributed by atoms with E-state index in [1.54, 1.807) is 17.7 Å². The van der Waals surface area contributed by atoms with E-state index < -0.39 is 6.10 Å². The van der Waals surface area contributed by atoms with Gasteiger partial charge in [0, 0.05) is 4.88 Å². The molecule has 2 aromatic heterocycles. The molecule has 0 saturated carbocycles. The number of aryl methyl sites for hydroxylation is 3. The summed E-state index contributed by atoms with van der Waals surface area (Å²) in [6, 6.07) is 7.67. The van der Waals surface area contributed by atoms with E-state index in [0.717, 1.165) is 35.0 Å². The number of benzene rings is 1. The van der Waals surface area contributed by atoms with Crippen LogP contribution in [0.4, 0.5) is 0 Å². The van der Waals surface area contributed by atoms with Gasteiger partial charge in [0.2, 0.25) is 0 Å². The minimum Gasteiger partial charge on any atom is -0.491 e. The molecule has 0 spiro atoms. The highest BCUT2D eigenvalue weighted by molar-refractivity contribution is 7.18. The van der Waals surface area contributed by atoms with Crippen LogP contribution in [-0.2, 0) is 19.4 Å². The lowest BCUT2D eigenvalue weighted by Crippen LogP contribution is -2.30. The third-order valence-electron chi connectivity index (χ3n) is 4.81. The standard InChI is InChI=1S/C20H22N2O3S/c1-13-6-8-15(9-7-13)25-11-14(23)10-22-12-21-19-18(20(22)24)16-4-2-3-5-17(16)26-19/h6-9,12,14,23H,2-5,10-11H2,1H3/t14-/m1/s1. The summed E-state index contributed by atoms with van der Waals surface area (Å²) in [5.74, 6) is 0.711. The predicted molar refractivity (Wildman–Crippen MR) is 103 cm³/mol. The van der Waals surface area contributed by atoms with Gasteiger partial charge >= 0.3 is 0 Å². The van der Waals surface area contributed by atoms with Gasteiger partial charge in [-0.3, -0.25) is 9.36 Å². The molecule has 6 heteroatoms. The van der Waals surface area contributed by atoms with Crippen LogP contribution in [0.15, 0.2) is 35.4 Å². The average Bonchev–Trinajstić information content (AvgIpc) is 3.03. The zero-order chi connectivity index (χ0) is 18.1. The molecule has 0 unspecified atom stereocenters. The van der Waals surface area contributed by atoms with Crippen LogP contribution in [0.25, 0.3) is 10.2 Å². The minimum absolute atomic E-state index is 0.0521. The molecule has 1 aliphatic rings. The molecule has 0 bridgehead atoms. The van der Waals surface area contributed by atoms with Gasteiger partial charge in [0.15, 0.2) is 0 Å². The lowest BCUT2D eigenvalue weighted by Gasteiger charge is -2.14. The van der Waals surface area contributed by atoms with E-state index >= 15 is 0 Å². The summed E-state index contributed by atoms with van der Waals surface area (Å²) in [6.07, 6.45) is 5.08. The number of fused-ring (bicyclic) bond motifs is 3. The topological polar surface area (TPSA) is 64.3 Å². The Labute approximate surface area is 155 Å². The summed E-state index contributed by atoms with van der Waals surface area (Å²) in [7, 11) is 0. The van der Waals surface area contributed by atoms with Gasteiger partial charge in [0.25, 0.3) is 5.56 Å². The van der Waals surface area contributed by atoms with Crippen molar-refractivity contribution >= 4 is 21.6 Å². The van der Waals surface area contributed by atoms with Gasteiger partial charge in [-0.15, -0.1) is 11.3 Å². The Balaban J connectivity index is 1.50. The highest BCUT2D eigenvalue weighted by atomic mass is 32.1. The smallest absolute Gasteiger partial charge is 0.262 e. The maximum atomic E-state index is 12.9. The first-order valence-corrected chi connectivity index (χ1v) is 9.80. The fourth-order valence-corrected chi connectivity index (χ4v) is 4.64. The lowest BCUT2D eigenvalue weighted by atomic mass is 9.97. The van der Waals surface area contributed by atoms with Crippen LogP contribution in [0.5, 0.6) is 5.75 Å². The van der Waals surface area contributed by atoms with Crippen LogP contribution < -0.4 is 10.3 Å². The molecule has 1 N–H and O–H groups in total. The Morgan fingerprint density at radius 3 is 2.85 bits per heavy atom. The molecule has 4 rings (SSSR count). The third kappa shape index (κ3) is 3.39. The SMILES string of the molecule is Cc1ccc(OC[C@H](O)Cn2cnc3sc4c(c3c2=O)CCCC4)cc1. The van der Waals surface area contributed by atoms with Crippen molar-refractivity contribution in [1.29, 1.82) is 0 Å². The number of aromatic nitrogens is 2. The molecular weight excluding hydrogens is 348 g/mol. The molecule has 0 amide bonds. The Hall–Kier alpha value is -2.18. The highest BCUT2D eigenvalue weighted by Gasteiger charge is 2.20. The van der Waals surface area contributed by atoms with Crippen LogP contribution in [0, 0.1) is 6.92 Å². The summed E-state index contributed by atoms with van der Waals surface area (Å²) in [5, 5.41) is 11.0. The summed E-state index contributed by atoms with van der Waals surface area (Å²) in [5.41, 5.74) is 2.28. The van der Waals surface area contributed by atoms with Crippen LogP contribution in [0.3, 0.4) is 0 Å². The highest BCUT2D eigenvalue weighted by Crippen LogP contribution is 2.33. The largest absolute Gasteiger partial charge is 0.491 e. The zero-order valence-corrected chi connectivity index (χ0v) is 15.6. The first-order valence-electron chi connectivity index (χ1n) is 8.99. The molecule has 1 atom stereocenters. The second kappa shape index (κ2) is 7.21. The van der Waals surface area contributed by atoms with Crippen molar-refractivity contribution in [2.24, 2.45) is 0 Å². The first kappa shape index (κ1) is 17.2. The zero-order valence-electron chi connectivity index (χ0n) is 14.8.